The van der Waals surface area contributed by atoms with Crippen LogP contribution < -0.4 is 4.72 Å². The molecule has 1 aromatic heterocycles. The quantitative estimate of drug-likeness (QED) is 0.737. The molecule has 1 fully saturated rings. The Labute approximate surface area is 98.3 Å². The van der Waals surface area contributed by atoms with Gasteiger partial charge in [0.25, 0.3) is 10.2 Å². The van der Waals surface area contributed by atoms with Crippen LogP contribution in [0.15, 0.2) is 24.5 Å². The fraction of sp³-hybridized carbons (Fsp3) is 0.333. The Kier molecular flexibility index (Phi) is 3.09. The molecule has 1 saturated heterocycles. The predicted octanol–water partition coefficient (Wildman–Crippen LogP) is -0.815. The van der Waals surface area contributed by atoms with Gasteiger partial charge in [0.2, 0.25) is 0 Å². The maximum atomic E-state index is 11.6. The molecular formula is C9H11N3O4S. The Hall–Kier alpha value is -1.51. The fourth-order valence-corrected chi connectivity index (χ4v) is 2.97. The summed E-state index contributed by atoms with van der Waals surface area (Å²) in [5, 5.41) is 8.93. The van der Waals surface area contributed by atoms with Gasteiger partial charge in [0, 0.05) is 25.5 Å². The maximum absolute atomic E-state index is 11.6. The fourth-order valence-electron chi connectivity index (χ4n) is 1.61. The summed E-state index contributed by atoms with van der Waals surface area (Å²) >= 11 is 0. The highest BCUT2D eigenvalue weighted by Gasteiger charge is 2.41. The number of nitrogens with one attached hydrogen (secondary N) is 1. The third-order valence-electron chi connectivity index (χ3n) is 2.46. The SMILES string of the molecule is O=C(O)C1CNS(=O)(=O)N1Cc1cccnc1. The number of carboxylic acids is 1. The van der Waals surface area contributed by atoms with E-state index in [2.05, 4.69) is 9.71 Å². The zero-order valence-electron chi connectivity index (χ0n) is 8.78. The Bertz CT molecular complexity index is 516. The second-order valence-corrected chi connectivity index (χ2v) is 5.32. The van der Waals surface area contributed by atoms with Crippen molar-refractivity contribution in [3.05, 3.63) is 30.1 Å². The lowest BCUT2D eigenvalue weighted by Gasteiger charge is -2.17. The smallest absolute Gasteiger partial charge is 0.323 e. The number of nitrogens with zero attached hydrogens (tertiary/aromatic N) is 2. The predicted molar refractivity (Wildman–Crippen MR) is 58.1 cm³/mol. The molecule has 1 aliphatic rings. The molecule has 2 heterocycles. The summed E-state index contributed by atoms with van der Waals surface area (Å²) in [6.07, 6.45) is 3.07. The minimum Gasteiger partial charge on any atom is -0.480 e. The van der Waals surface area contributed by atoms with Crippen molar-refractivity contribution in [1.29, 1.82) is 0 Å². The molecule has 1 unspecified atom stereocenters. The Balaban J connectivity index is 2.25. The first-order valence-electron chi connectivity index (χ1n) is 4.89. The highest BCUT2D eigenvalue weighted by Crippen LogP contribution is 2.16. The molecule has 0 amide bonds. The molecule has 0 spiro atoms. The van der Waals surface area contributed by atoms with Crippen LogP contribution in [0, 0.1) is 0 Å². The van der Waals surface area contributed by atoms with Crippen LogP contribution in [-0.4, -0.2) is 41.4 Å². The first-order valence-corrected chi connectivity index (χ1v) is 6.33. The van der Waals surface area contributed by atoms with Crippen molar-refractivity contribution < 1.29 is 18.3 Å². The highest BCUT2D eigenvalue weighted by molar-refractivity contribution is 7.87. The van der Waals surface area contributed by atoms with Gasteiger partial charge in [-0.1, -0.05) is 6.07 Å². The molecule has 0 aliphatic carbocycles. The van der Waals surface area contributed by atoms with E-state index in [9.17, 15) is 13.2 Å². The molecule has 2 N–H and O–H groups in total. The molecule has 1 aliphatic heterocycles. The average molecular weight is 257 g/mol. The van der Waals surface area contributed by atoms with Crippen LogP contribution in [0.3, 0.4) is 0 Å². The van der Waals surface area contributed by atoms with E-state index in [0.717, 1.165) is 4.31 Å². The third-order valence-corrected chi connectivity index (χ3v) is 3.99. The van der Waals surface area contributed by atoms with Gasteiger partial charge in [0.1, 0.15) is 6.04 Å². The number of pyridine rings is 1. The summed E-state index contributed by atoms with van der Waals surface area (Å²) in [6.45, 7) is -0.113. The molecule has 2 rings (SSSR count). The monoisotopic (exact) mass is 257 g/mol. The number of hydrogen-bond donors (Lipinski definition) is 2. The first-order chi connectivity index (χ1) is 8.00. The van der Waals surface area contributed by atoms with Crippen molar-refractivity contribution in [3.63, 3.8) is 0 Å². The van der Waals surface area contributed by atoms with Gasteiger partial charge in [-0.25, -0.2) is 0 Å². The topological polar surface area (TPSA) is 99.6 Å². The lowest BCUT2D eigenvalue weighted by Crippen LogP contribution is -2.39. The minimum absolute atomic E-state index is 0.000139. The van der Waals surface area contributed by atoms with Gasteiger partial charge in [-0.05, 0) is 11.6 Å². The number of hydrogen-bond acceptors (Lipinski definition) is 4. The van der Waals surface area contributed by atoms with Gasteiger partial charge >= 0.3 is 5.97 Å². The van der Waals surface area contributed by atoms with Gasteiger partial charge in [-0.2, -0.15) is 17.4 Å². The number of aromatic nitrogens is 1. The van der Waals surface area contributed by atoms with E-state index in [1.807, 2.05) is 0 Å². The summed E-state index contributed by atoms with van der Waals surface area (Å²) in [5.41, 5.74) is 0.644. The third kappa shape index (κ3) is 2.43. The molecule has 0 bridgehead atoms. The number of carbonyl (C=O) groups is 1. The van der Waals surface area contributed by atoms with E-state index >= 15 is 0 Å². The van der Waals surface area contributed by atoms with Gasteiger partial charge in [0.15, 0.2) is 0 Å². The normalized spacial score (nSPS) is 23.6. The Morgan fingerprint density at radius 1 is 1.65 bits per heavy atom. The standard InChI is InChI=1S/C9H11N3O4S/c13-9(14)8-5-11-17(15,16)12(8)6-7-2-1-3-10-4-7/h1-4,8,11H,5-6H2,(H,13,14). The Morgan fingerprint density at radius 3 is 3.00 bits per heavy atom. The summed E-state index contributed by atoms with van der Waals surface area (Å²) in [7, 11) is -3.70. The molecule has 0 saturated carbocycles. The number of aliphatic carboxylic acids is 1. The van der Waals surface area contributed by atoms with E-state index < -0.39 is 22.2 Å². The van der Waals surface area contributed by atoms with Gasteiger partial charge in [0.05, 0.1) is 0 Å². The van der Waals surface area contributed by atoms with Crippen molar-refractivity contribution in [2.75, 3.05) is 6.54 Å². The van der Waals surface area contributed by atoms with Gasteiger partial charge < -0.3 is 5.11 Å². The molecule has 0 aromatic carbocycles. The lowest BCUT2D eigenvalue weighted by molar-refractivity contribution is -0.140. The first kappa shape index (κ1) is 12.0. The molecule has 17 heavy (non-hydrogen) atoms. The summed E-state index contributed by atoms with van der Waals surface area (Å²) < 4.78 is 26.3. The van der Waals surface area contributed by atoms with E-state index in [0.29, 0.717) is 5.56 Å². The van der Waals surface area contributed by atoms with Crippen molar-refractivity contribution in [2.24, 2.45) is 0 Å². The van der Waals surface area contributed by atoms with Gasteiger partial charge in [-0.3, -0.25) is 9.78 Å². The average Bonchev–Trinajstić information content (AvgIpc) is 2.56. The van der Waals surface area contributed by atoms with Crippen molar-refractivity contribution in [2.45, 2.75) is 12.6 Å². The van der Waals surface area contributed by atoms with Crippen LogP contribution in [-0.2, 0) is 21.5 Å². The van der Waals surface area contributed by atoms with E-state index in [1.165, 1.54) is 6.20 Å². The van der Waals surface area contributed by atoms with Crippen LogP contribution in [0.2, 0.25) is 0 Å². The minimum atomic E-state index is -3.70. The van der Waals surface area contributed by atoms with Crippen molar-refractivity contribution >= 4 is 16.2 Å². The molecule has 8 heteroatoms. The Morgan fingerprint density at radius 2 is 2.41 bits per heavy atom. The van der Waals surface area contributed by atoms with E-state index in [4.69, 9.17) is 5.11 Å². The van der Waals surface area contributed by atoms with Crippen LogP contribution >= 0.6 is 0 Å². The number of rotatable bonds is 3. The molecule has 1 aromatic rings. The summed E-state index contributed by atoms with van der Waals surface area (Å²) in [6, 6.07) is 2.29. The summed E-state index contributed by atoms with van der Waals surface area (Å²) in [4.78, 5) is 14.8. The summed E-state index contributed by atoms with van der Waals surface area (Å²) in [5.74, 6) is -1.16. The molecular weight excluding hydrogens is 246 g/mol. The zero-order valence-corrected chi connectivity index (χ0v) is 9.59. The van der Waals surface area contributed by atoms with Crippen molar-refractivity contribution in [1.82, 2.24) is 14.0 Å². The van der Waals surface area contributed by atoms with Crippen LogP contribution in [0.5, 0.6) is 0 Å². The van der Waals surface area contributed by atoms with E-state index in [-0.39, 0.29) is 13.1 Å². The molecule has 7 nitrogen and oxygen atoms in total. The molecule has 0 radical (unpaired) electrons. The maximum Gasteiger partial charge on any atom is 0.323 e. The molecule has 1 atom stereocenters. The molecule has 92 valence electrons. The van der Waals surface area contributed by atoms with Crippen molar-refractivity contribution in [3.8, 4) is 0 Å². The number of carboxylic acid groups (broad SMARTS) is 1. The highest BCUT2D eigenvalue weighted by atomic mass is 32.2. The largest absolute Gasteiger partial charge is 0.480 e. The second-order valence-electron chi connectivity index (χ2n) is 3.61. The van der Waals surface area contributed by atoms with Gasteiger partial charge in [-0.15, -0.1) is 0 Å². The zero-order chi connectivity index (χ0) is 12.5. The van der Waals surface area contributed by atoms with Crippen LogP contribution in [0.4, 0.5) is 0 Å². The van der Waals surface area contributed by atoms with Crippen LogP contribution in [0.25, 0.3) is 0 Å². The second kappa shape index (κ2) is 4.40. The van der Waals surface area contributed by atoms with E-state index in [1.54, 1.807) is 18.3 Å². The lowest BCUT2D eigenvalue weighted by atomic mass is 10.2. The van der Waals surface area contributed by atoms with Crippen LogP contribution in [0.1, 0.15) is 5.56 Å².